The summed E-state index contributed by atoms with van der Waals surface area (Å²) in [5.74, 6) is 0.880. The number of nitrogen functional groups attached to an aromatic ring is 1. The molecule has 3 aromatic carbocycles. The van der Waals surface area contributed by atoms with Crippen molar-refractivity contribution in [1.29, 1.82) is 0 Å². The fourth-order valence-corrected chi connectivity index (χ4v) is 3.28. The average molecular weight is 298 g/mol. The SMILES string of the molecule is Nc1ccccc1-n1c2ccccc2n2c3ccccc3nc12. The second-order valence-electron chi connectivity index (χ2n) is 5.62. The lowest BCUT2D eigenvalue weighted by atomic mass is 10.2. The number of nitrogens with zero attached hydrogens (tertiary/aromatic N) is 3. The third-order valence-electron chi connectivity index (χ3n) is 4.28. The second-order valence-corrected chi connectivity index (χ2v) is 5.62. The number of imidazole rings is 2. The number of hydrogen-bond donors (Lipinski definition) is 1. The fourth-order valence-electron chi connectivity index (χ4n) is 3.28. The van der Waals surface area contributed by atoms with Gasteiger partial charge in [0.1, 0.15) is 0 Å². The molecule has 0 aliphatic heterocycles. The lowest BCUT2D eigenvalue weighted by Crippen LogP contribution is -1.99. The zero-order valence-corrected chi connectivity index (χ0v) is 12.3. The summed E-state index contributed by atoms with van der Waals surface area (Å²) >= 11 is 0. The van der Waals surface area contributed by atoms with E-state index in [-0.39, 0.29) is 0 Å². The Labute approximate surface area is 132 Å². The van der Waals surface area contributed by atoms with Crippen molar-refractivity contribution in [3.05, 3.63) is 72.8 Å². The zero-order valence-electron chi connectivity index (χ0n) is 12.3. The van der Waals surface area contributed by atoms with Crippen LogP contribution in [-0.2, 0) is 0 Å². The normalized spacial score (nSPS) is 11.7. The lowest BCUT2D eigenvalue weighted by Gasteiger charge is -2.07. The topological polar surface area (TPSA) is 48.2 Å². The van der Waals surface area contributed by atoms with Gasteiger partial charge in [0.25, 0.3) is 0 Å². The second kappa shape index (κ2) is 4.36. The minimum absolute atomic E-state index is 0.739. The van der Waals surface area contributed by atoms with Gasteiger partial charge in [-0.25, -0.2) is 4.98 Å². The van der Waals surface area contributed by atoms with E-state index in [1.165, 1.54) is 0 Å². The largest absolute Gasteiger partial charge is 0.397 e. The molecule has 0 atom stereocenters. The summed E-state index contributed by atoms with van der Waals surface area (Å²) < 4.78 is 4.32. The molecule has 0 aliphatic carbocycles. The number of aromatic nitrogens is 3. The highest BCUT2D eigenvalue weighted by atomic mass is 15.2. The van der Waals surface area contributed by atoms with Gasteiger partial charge in [0.2, 0.25) is 5.78 Å². The van der Waals surface area contributed by atoms with Gasteiger partial charge in [-0.3, -0.25) is 8.97 Å². The first-order chi connectivity index (χ1) is 11.3. The van der Waals surface area contributed by atoms with Crippen LogP contribution in [0.5, 0.6) is 0 Å². The maximum atomic E-state index is 6.23. The molecule has 2 heterocycles. The molecule has 5 rings (SSSR count). The Morgan fingerprint density at radius 1 is 0.696 bits per heavy atom. The summed E-state index contributed by atoms with van der Waals surface area (Å²) in [5.41, 5.74) is 12.2. The van der Waals surface area contributed by atoms with Crippen LogP contribution in [0, 0.1) is 0 Å². The number of rotatable bonds is 1. The molecular weight excluding hydrogens is 284 g/mol. The van der Waals surface area contributed by atoms with E-state index < -0.39 is 0 Å². The molecular formula is C19H14N4. The van der Waals surface area contributed by atoms with Crippen LogP contribution in [0.4, 0.5) is 5.69 Å². The highest BCUT2D eigenvalue weighted by molar-refractivity contribution is 5.92. The van der Waals surface area contributed by atoms with Gasteiger partial charge in [0.05, 0.1) is 33.4 Å². The van der Waals surface area contributed by atoms with Crippen molar-refractivity contribution in [2.24, 2.45) is 0 Å². The molecule has 0 radical (unpaired) electrons. The smallest absolute Gasteiger partial charge is 0.220 e. The molecule has 2 aromatic heterocycles. The number of nitrogens with two attached hydrogens (primary N) is 1. The van der Waals surface area contributed by atoms with Crippen molar-refractivity contribution in [2.75, 3.05) is 5.73 Å². The summed E-state index contributed by atoms with van der Waals surface area (Å²) in [5, 5.41) is 0. The molecule has 0 fully saturated rings. The van der Waals surface area contributed by atoms with E-state index in [1.807, 2.05) is 48.5 Å². The third-order valence-corrected chi connectivity index (χ3v) is 4.28. The van der Waals surface area contributed by atoms with Crippen LogP contribution in [0.2, 0.25) is 0 Å². The van der Waals surface area contributed by atoms with Gasteiger partial charge in [-0.15, -0.1) is 0 Å². The summed E-state index contributed by atoms with van der Waals surface area (Å²) in [4.78, 5) is 4.84. The predicted molar refractivity (Wildman–Crippen MR) is 93.9 cm³/mol. The van der Waals surface area contributed by atoms with E-state index in [4.69, 9.17) is 10.7 Å². The Balaban J connectivity index is 2.07. The van der Waals surface area contributed by atoms with E-state index in [1.54, 1.807) is 0 Å². The Morgan fingerprint density at radius 2 is 1.35 bits per heavy atom. The predicted octanol–water partition coefficient (Wildman–Crippen LogP) is 4.01. The van der Waals surface area contributed by atoms with Gasteiger partial charge in [0.15, 0.2) is 0 Å². The summed E-state index contributed by atoms with van der Waals surface area (Å²) in [7, 11) is 0. The average Bonchev–Trinajstić information content (AvgIpc) is 3.10. The first kappa shape index (κ1) is 12.3. The first-order valence-corrected chi connectivity index (χ1v) is 7.56. The number of para-hydroxylation sites is 6. The lowest BCUT2D eigenvalue weighted by molar-refractivity contribution is 1.11. The van der Waals surface area contributed by atoms with Gasteiger partial charge >= 0.3 is 0 Å². The highest BCUT2D eigenvalue weighted by Crippen LogP contribution is 2.30. The maximum absolute atomic E-state index is 6.23. The summed E-state index contributed by atoms with van der Waals surface area (Å²) in [6, 6.07) is 24.4. The monoisotopic (exact) mass is 298 g/mol. The minimum Gasteiger partial charge on any atom is -0.397 e. The molecule has 0 unspecified atom stereocenters. The molecule has 0 amide bonds. The van der Waals surface area contributed by atoms with Crippen molar-refractivity contribution < 1.29 is 0 Å². The van der Waals surface area contributed by atoms with Gasteiger partial charge in [0, 0.05) is 0 Å². The summed E-state index contributed by atoms with van der Waals surface area (Å²) in [6.07, 6.45) is 0. The molecule has 110 valence electrons. The zero-order chi connectivity index (χ0) is 15.4. The molecule has 0 bridgehead atoms. The Kier molecular flexibility index (Phi) is 2.33. The number of fused-ring (bicyclic) bond motifs is 5. The molecule has 0 aliphatic rings. The van der Waals surface area contributed by atoms with Crippen molar-refractivity contribution in [2.45, 2.75) is 0 Å². The Morgan fingerprint density at radius 3 is 2.17 bits per heavy atom. The molecule has 4 heteroatoms. The highest BCUT2D eigenvalue weighted by Gasteiger charge is 2.17. The van der Waals surface area contributed by atoms with Crippen molar-refractivity contribution in [1.82, 2.24) is 14.0 Å². The number of anilines is 1. The van der Waals surface area contributed by atoms with Crippen molar-refractivity contribution >= 4 is 33.5 Å². The van der Waals surface area contributed by atoms with Crippen LogP contribution in [0.25, 0.3) is 33.5 Å². The van der Waals surface area contributed by atoms with Gasteiger partial charge in [-0.05, 0) is 36.4 Å². The van der Waals surface area contributed by atoms with Gasteiger partial charge in [-0.1, -0.05) is 36.4 Å². The third kappa shape index (κ3) is 1.57. The van der Waals surface area contributed by atoms with Crippen LogP contribution in [-0.4, -0.2) is 14.0 Å². The van der Waals surface area contributed by atoms with E-state index in [2.05, 4.69) is 33.2 Å². The first-order valence-electron chi connectivity index (χ1n) is 7.56. The van der Waals surface area contributed by atoms with Crippen molar-refractivity contribution in [3.63, 3.8) is 0 Å². The maximum Gasteiger partial charge on any atom is 0.220 e. The van der Waals surface area contributed by atoms with Crippen LogP contribution < -0.4 is 5.73 Å². The van der Waals surface area contributed by atoms with Crippen LogP contribution in [0.15, 0.2) is 72.8 Å². The number of hydrogen-bond acceptors (Lipinski definition) is 2. The quantitative estimate of drug-likeness (QED) is 0.475. The van der Waals surface area contributed by atoms with Crippen LogP contribution >= 0.6 is 0 Å². The standard InChI is InChI=1S/C19H14N4/c20-13-7-1-3-9-15(13)22-17-11-5-6-12-18(17)23-16-10-4-2-8-14(16)21-19(22)23/h1-12H,20H2. The molecule has 2 N–H and O–H groups in total. The molecule has 23 heavy (non-hydrogen) atoms. The van der Waals surface area contributed by atoms with Gasteiger partial charge < -0.3 is 5.73 Å². The van der Waals surface area contributed by atoms with Gasteiger partial charge in [-0.2, -0.15) is 0 Å². The molecule has 4 nitrogen and oxygen atoms in total. The Bertz CT molecular complexity index is 1180. The summed E-state index contributed by atoms with van der Waals surface area (Å²) in [6.45, 7) is 0. The molecule has 0 spiro atoms. The van der Waals surface area contributed by atoms with Crippen LogP contribution in [0.3, 0.4) is 0 Å². The molecule has 5 aromatic rings. The van der Waals surface area contributed by atoms with E-state index in [0.29, 0.717) is 0 Å². The van der Waals surface area contributed by atoms with Crippen LogP contribution in [0.1, 0.15) is 0 Å². The Hall–Kier alpha value is -3.27. The van der Waals surface area contributed by atoms with E-state index >= 15 is 0 Å². The number of benzene rings is 3. The van der Waals surface area contributed by atoms with E-state index in [9.17, 15) is 0 Å². The van der Waals surface area contributed by atoms with E-state index in [0.717, 1.165) is 39.2 Å². The molecule has 0 saturated carbocycles. The minimum atomic E-state index is 0.739. The fraction of sp³-hybridized carbons (Fsp3) is 0. The van der Waals surface area contributed by atoms with Crippen molar-refractivity contribution in [3.8, 4) is 5.69 Å². The molecule has 0 saturated heterocycles.